The second-order valence-corrected chi connectivity index (χ2v) is 15.6. The lowest BCUT2D eigenvalue weighted by atomic mass is 9.99. The highest BCUT2D eigenvalue weighted by Gasteiger charge is 2.35. The molecule has 0 bridgehead atoms. The van der Waals surface area contributed by atoms with Gasteiger partial charge in [-0.25, -0.2) is 9.59 Å². The maximum absolute atomic E-state index is 14.2. The van der Waals surface area contributed by atoms with Crippen LogP contribution < -0.4 is 31.9 Å². The number of aromatic hydroxyl groups is 2. The molecule has 7 amide bonds. The van der Waals surface area contributed by atoms with Crippen LogP contribution in [0.2, 0.25) is 0 Å². The molecule has 1 fully saturated rings. The molecular formula is C44H57N7O10. The predicted octanol–water partition coefficient (Wildman–Crippen LogP) is 1.89. The van der Waals surface area contributed by atoms with Crippen molar-refractivity contribution in [2.24, 2.45) is 5.92 Å². The van der Waals surface area contributed by atoms with Gasteiger partial charge in [0.1, 0.15) is 47.8 Å². The molecule has 17 heteroatoms. The summed E-state index contributed by atoms with van der Waals surface area (Å²) in [5, 5.41) is 45.4. The number of hydrogen-bond donors (Lipinski definition) is 9. The van der Waals surface area contributed by atoms with E-state index in [2.05, 4.69) is 31.9 Å². The number of aryl methyl sites for hydroxylation is 1. The Kier molecular flexibility index (Phi) is 17.5. The predicted molar refractivity (Wildman–Crippen MR) is 225 cm³/mol. The van der Waals surface area contributed by atoms with Gasteiger partial charge in [0.25, 0.3) is 0 Å². The van der Waals surface area contributed by atoms with Crippen LogP contribution in [0.5, 0.6) is 11.5 Å². The number of nitrogens with zero attached hydrogens (tertiary/aromatic N) is 1. The molecule has 4 rings (SSSR count). The fraction of sp³-hybridized carbons (Fsp3) is 0.432. The normalized spacial score (nSPS) is 21.7. The summed E-state index contributed by atoms with van der Waals surface area (Å²) in [6, 6.07) is 13.1. The lowest BCUT2D eigenvalue weighted by molar-refractivity contribution is -0.142. The first-order chi connectivity index (χ1) is 29.0. The van der Waals surface area contributed by atoms with E-state index in [1.165, 1.54) is 55.3 Å². The van der Waals surface area contributed by atoms with E-state index < -0.39 is 83.7 Å². The van der Waals surface area contributed by atoms with E-state index in [9.17, 15) is 48.9 Å². The van der Waals surface area contributed by atoms with Crippen molar-refractivity contribution in [1.29, 1.82) is 0 Å². The van der Waals surface area contributed by atoms with Crippen LogP contribution in [0.25, 0.3) is 0 Å². The number of rotatable bonds is 11. The minimum atomic E-state index is -1.40. The van der Waals surface area contributed by atoms with Crippen LogP contribution in [0.3, 0.4) is 0 Å². The van der Waals surface area contributed by atoms with Crippen molar-refractivity contribution in [3.05, 3.63) is 95.6 Å². The average molecular weight is 844 g/mol. The number of aliphatic carboxylic acids is 1. The number of phenols is 2. The minimum absolute atomic E-state index is 0.0150. The molecule has 61 heavy (non-hydrogen) atoms. The first kappa shape index (κ1) is 47.0. The minimum Gasteiger partial charge on any atom is -0.508 e. The van der Waals surface area contributed by atoms with E-state index in [0.29, 0.717) is 18.4 Å². The molecular weight excluding hydrogens is 787 g/mol. The van der Waals surface area contributed by atoms with Gasteiger partial charge in [-0.2, -0.15) is 0 Å². The van der Waals surface area contributed by atoms with Gasteiger partial charge in [0, 0.05) is 26.4 Å². The topological polar surface area (TPSA) is 256 Å². The van der Waals surface area contributed by atoms with E-state index >= 15 is 0 Å². The Morgan fingerprint density at radius 3 is 1.97 bits per heavy atom. The number of carboxylic acids is 1. The number of carbonyl (C=O) groups excluding carboxylic acids is 6. The lowest BCUT2D eigenvalue weighted by Gasteiger charge is -2.31. The molecule has 0 aliphatic carbocycles. The van der Waals surface area contributed by atoms with Crippen LogP contribution in [-0.4, -0.2) is 112 Å². The second kappa shape index (κ2) is 22.6. The van der Waals surface area contributed by atoms with Gasteiger partial charge < -0.3 is 52.1 Å². The van der Waals surface area contributed by atoms with Crippen molar-refractivity contribution in [2.45, 2.75) is 102 Å². The molecule has 1 heterocycles. The SMILES string of the molecule is CC(C)C1NC(=O)C(NC(=O)N[C@@H](Cc2ccc(O)cc2)C(=O)O)CCCCNC(=O)[C@H](Cc2ccccc2)NC(=O)[C@H](C)N(C)C(=O)C(CCc2ccc(O)cc2)NC1=O. The van der Waals surface area contributed by atoms with Crippen LogP contribution in [0.15, 0.2) is 78.9 Å². The van der Waals surface area contributed by atoms with E-state index in [4.69, 9.17) is 0 Å². The molecule has 0 spiro atoms. The summed E-state index contributed by atoms with van der Waals surface area (Å²) in [6.07, 6.45) is 1.04. The highest BCUT2D eigenvalue weighted by Crippen LogP contribution is 2.16. The highest BCUT2D eigenvalue weighted by atomic mass is 16.4. The summed E-state index contributed by atoms with van der Waals surface area (Å²) >= 11 is 0. The number of urea groups is 1. The van der Waals surface area contributed by atoms with Crippen molar-refractivity contribution >= 4 is 41.5 Å². The Morgan fingerprint density at radius 1 is 0.754 bits per heavy atom. The molecule has 1 aliphatic heterocycles. The van der Waals surface area contributed by atoms with Crippen molar-refractivity contribution in [2.75, 3.05) is 13.6 Å². The number of likely N-dealkylation sites (N-methyl/N-ethyl adjacent to an activating group) is 1. The molecule has 0 saturated carbocycles. The number of phenolic OH excluding ortho intramolecular Hbond substituents is 2. The fourth-order valence-corrected chi connectivity index (χ4v) is 6.75. The standard InChI is InChI=1S/C44H57N7O10/c1-26(2)37-41(57)46-34(22-17-28-13-18-31(52)19-14-28)42(58)51(4)27(3)38(54)47-35(24-29-10-6-5-7-11-29)39(55)45-23-9-8-12-33(40(56)50-37)48-44(61)49-36(43(59)60)25-30-15-20-32(53)21-16-30/h5-7,10-11,13-16,18-21,26-27,33-37,52-53H,8-9,12,17,22-25H2,1-4H3,(H,45,55)(H,46,57)(H,47,54)(H,50,56)(H,59,60)(H2,48,49,61)/t27-,33?,34?,35-,36-,37?/m0/s1. The summed E-state index contributed by atoms with van der Waals surface area (Å²) in [4.78, 5) is 96.2. The van der Waals surface area contributed by atoms with Crippen molar-refractivity contribution in [1.82, 2.24) is 36.8 Å². The van der Waals surface area contributed by atoms with Crippen LogP contribution in [0.4, 0.5) is 4.79 Å². The Morgan fingerprint density at radius 2 is 1.36 bits per heavy atom. The zero-order chi connectivity index (χ0) is 44.6. The van der Waals surface area contributed by atoms with Crippen LogP contribution in [0, 0.1) is 5.92 Å². The number of benzene rings is 3. The largest absolute Gasteiger partial charge is 0.508 e. The van der Waals surface area contributed by atoms with Gasteiger partial charge in [-0.15, -0.1) is 0 Å². The van der Waals surface area contributed by atoms with Crippen LogP contribution in [0.1, 0.15) is 63.1 Å². The number of amides is 7. The summed E-state index contributed by atoms with van der Waals surface area (Å²) in [7, 11) is 1.42. The van der Waals surface area contributed by atoms with Crippen molar-refractivity contribution in [3.63, 3.8) is 0 Å². The van der Waals surface area contributed by atoms with Crippen LogP contribution in [-0.2, 0) is 48.0 Å². The van der Waals surface area contributed by atoms with E-state index in [-0.39, 0.29) is 50.1 Å². The van der Waals surface area contributed by atoms with Gasteiger partial charge in [0.2, 0.25) is 29.5 Å². The first-order valence-corrected chi connectivity index (χ1v) is 20.4. The Bertz CT molecular complexity index is 1980. The van der Waals surface area contributed by atoms with Crippen molar-refractivity contribution < 1.29 is 48.9 Å². The average Bonchev–Trinajstić information content (AvgIpc) is 3.23. The zero-order valence-corrected chi connectivity index (χ0v) is 34.9. The molecule has 9 N–H and O–H groups in total. The van der Waals surface area contributed by atoms with E-state index in [1.54, 1.807) is 26.0 Å². The maximum atomic E-state index is 14.2. The third-order valence-electron chi connectivity index (χ3n) is 10.6. The molecule has 3 aromatic carbocycles. The molecule has 1 aliphatic rings. The summed E-state index contributed by atoms with van der Waals surface area (Å²) in [5.74, 6) is -4.94. The summed E-state index contributed by atoms with van der Waals surface area (Å²) in [6.45, 7) is 5.03. The third-order valence-corrected chi connectivity index (χ3v) is 10.6. The maximum Gasteiger partial charge on any atom is 0.326 e. The van der Waals surface area contributed by atoms with E-state index in [0.717, 1.165) is 11.1 Å². The highest BCUT2D eigenvalue weighted by molar-refractivity contribution is 5.96. The van der Waals surface area contributed by atoms with Crippen LogP contribution >= 0.6 is 0 Å². The first-order valence-electron chi connectivity index (χ1n) is 20.4. The molecule has 328 valence electrons. The number of hydrogen-bond acceptors (Lipinski definition) is 9. The van der Waals surface area contributed by atoms with Gasteiger partial charge >= 0.3 is 12.0 Å². The monoisotopic (exact) mass is 843 g/mol. The molecule has 0 radical (unpaired) electrons. The Labute approximate surface area is 355 Å². The molecule has 17 nitrogen and oxygen atoms in total. The van der Waals surface area contributed by atoms with Gasteiger partial charge in [-0.1, -0.05) is 68.4 Å². The molecule has 6 atom stereocenters. The number of nitrogens with one attached hydrogen (secondary N) is 6. The molecule has 3 aromatic rings. The van der Waals surface area contributed by atoms with Gasteiger partial charge in [0.05, 0.1) is 0 Å². The lowest BCUT2D eigenvalue weighted by Crippen LogP contribution is -2.60. The molecule has 1 saturated heterocycles. The summed E-state index contributed by atoms with van der Waals surface area (Å²) < 4.78 is 0. The van der Waals surface area contributed by atoms with Crippen molar-refractivity contribution in [3.8, 4) is 11.5 Å². The fourth-order valence-electron chi connectivity index (χ4n) is 6.75. The Hall–Kier alpha value is -6.65. The van der Waals surface area contributed by atoms with E-state index in [1.807, 2.05) is 30.3 Å². The zero-order valence-electron chi connectivity index (χ0n) is 34.9. The number of carbonyl (C=O) groups is 7. The smallest absolute Gasteiger partial charge is 0.326 e. The molecule has 0 aromatic heterocycles. The van der Waals surface area contributed by atoms with Gasteiger partial charge in [0.15, 0.2) is 0 Å². The second-order valence-electron chi connectivity index (χ2n) is 15.6. The quantitative estimate of drug-likeness (QED) is 0.136. The number of carboxylic acid groups (broad SMARTS) is 1. The summed E-state index contributed by atoms with van der Waals surface area (Å²) in [5.41, 5.74) is 2.06. The Balaban J connectivity index is 1.63. The van der Waals surface area contributed by atoms with Gasteiger partial charge in [-0.3, -0.25) is 24.0 Å². The molecule has 3 unspecified atom stereocenters. The van der Waals surface area contributed by atoms with Gasteiger partial charge in [-0.05, 0) is 85.9 Å². The third kappa shape index (κ3) is 14.5.